The van der Waals surface area contributed by atoms with Crippen LogP contribution in [0, 0.1) is 11.8 Å². The van der Waals surface area contributed by atoms with E-state index in [4.69, 9.17) is 10.5 Å². The molecule has 0 unspecified atom stereocenters. The Kier molecular flexibility index (Phi) is 11.5. The van der Waals surface area contributed by atoms with Crippen molar-refractivity contribution in [3.63, 3.8) is 0 Å². The van der Waals surface area contributed by atoms with E-state index in [1.807, 2.05) is 15.2 Å². The molecule has 2 aromatic rings. The number of fused-ring (bicyclic) bond motifs is 1. The number of piperidine rings is 1. The Morgan fingerprint density at radius 1 is 1.20 bits per heavy atom. The first kappa shape index (κ1) is 34.4. The summed E-state index contributed by atoms with van der Waals surface area (Å²) in [7, 11) is -3.55. The number of nitrogens with two attached hydrogens (primary N) is 1. The molecule has 46 heavy (non-hydrogen) atoms. The Balaban J connectivity index is 1.14. The van der Waals surface area contributed by atoms with Gasteiger partial charge in [0.05, 0.1) is 52.0 Å². The number of hydrogen-bond donors (Lipinski definition) is 3. The molecule has 5 rings (SSSR count). The van der Waals surface area contributed by atoms with Crippen molar-refractivity contribution in [3.8, 4) is 0 Å². The summed E-state index contributed by atoms with van der Waals surface area (Å²) in [5.41, 5.74) is 14.0. The van der Waals surface area contributed by atoms with Crippen molar-refractivity contribution in [1.29, 1.82) is 0 Å². The van der Waals surface area contributed by atoms with Crippen LogP contribution in [0.15, 0.2) is 46.9 Å². The summed E-state index contributed by atoms with van der Waals surface area (Å²) in [4.78, 5) is 20.8. The van der Waals surface area contributed by atoms with Gasteiger partial charge in [-0.25, -0.2) is 13.1 Å². The molecule has 0 atom stereocenters. The minimum absolute atomic E-state index is 0.214. The molecule has 0 radical (unpaired) electrons. The van der Waals surface area contributed by atoms with Crippen molar-refractivity contribution < 1.29 is 22.3 Å². The minimum Gasteiger partial charge on any atom is -0.397 e. The summed E-state index contributed by atoms with van der Waals surface area (Å²) in [6.07, 6.45) is 5.96. The van der Waals surface area contributed by atoms with Crippen LogP contribution in [0.1, 0.15) is 48.3 Å². The highest BCUT2D eigenvalue weighted by molar-refractivity contribution is 14.1. The molecule has 4 N–H and O–H groups in total. The number of aromatic amines is 1. The van der Waals surface area contributed by atoms with Crippen LogP contribution in [0.3, 0.4) is 0 Å². The summed E-state index contributed by atoms with van der Waals surface area (Å²) in [5.74, 6) is 0.137. The average molecular weight is 765 g/mol. The summed E-state index contributed by atoms with van der Waals surface area (Å²) in [5, 5.41) is 0.956. The number of sulfonamides is 1. The van der Waals surface area contributed by atoms with Crippen LogP contribution in [0.4, 0.5) is 4.39 Å². The van der Waals surface area contributed by atoms with Crippen LogP contribution in [0.5, 0.6) is 0 Å². The number of rotatable bonds is 12. The third-order valence-corrected chi connectivity index (χ3v) is 10.6. The van der Waals surface area contributed by atoms with Crippen LogP contribution >= 0.6 is 22.9 Å². The zero-order valence-electron chi connectivity index (χ0n) is 26.3. The van der Waals surface area contributed by atoms with E-state index in [2.05, 4.69) is 62.8 Å². The fourth-order valence-electron chi connectivity index (χ4n) is 6.03. The van der Waals surface area contributed by atoms with Gasteiger partial charge in [0.25, 0.3) is 5.91 Å². The fourth-order valence-corrected chi connectivity index (χ4v) is 7.91. The Bertz CT molecular complexity index is 1750. The largest absolute Gasteiger partial charge is 0.397 e. The maximum Gasteiger partial charge on any atom is 0.271 e. The van der Waals surface area contributed by atoms with Crippen LogP contribution in [0.25, 0.3) is 17.5 Å². The van der Waals surface area contributed by atoms with Crippen molar-refractivity contribution in [2.24, 2.45) is 17.6 Å². The third kappa shape index (κ3) is 8.71. The van der Waals surface area contributed by atoms with Gasteiger partial charge in [-0.05, 0) is 79.4 Å². The third-order valence-electron chi connectivity index (χ3n) is 8.43. The highest BCUT2D eigenvalue weighted by atomic mass is 127. The highest BCUT2D eigenvalue weighted by Gasteiger charge is 2.26. The number of morpholine rings is 1. The van der Waals surface area contributed by atoms with E-state index in [9.17, 15) is 17.6 Å². The van der Waals surface area contributed by atoms with E-state index in [0.717, 1.165) is 44.5 Å². The number of halogens is 2. The number of hydrogen-bond acceptors (Lipinski definition) is 7. The maximum absolute atomic E-state index is 14.2. The van der Waals surface area contributed by atoms with Crippen LogP contribution in [-0.4, -0.2) is 91.2 Å². The van der Waals surface area contributed by atoms with Gasteiger partial charge in [0.15, 0.2) is 5.83 Å². The molecule has 2 saturated heterocycles. The number of H-pyrrole nitrogens is 1. The molecule has 2 aliphatic heterocycles. The van der Waals surface area contributed by atoms with E-state index in [1.54, 1.807) is 23.2 Å². The zero-order chi connectivity index (χ0) is 32.8. The molecule has 0 saturated carbocycles. The zero-order valence-corrected chi connectivity index (χ0v) is 29.3. The number of allylic oxidation sites excluding steroid dienone is 1. The summed E-state index contributed by atoms with van der Waals surface area (Å²) >= 11 is 2.21. The van der Waals surface area contributed by atoms with Crippen molar-refractivity contribution in [3.05, 3.63) is 69.4 Å². The van der Waals surface area contributed by atoms with Gasteiger partial charge in [0, 0.05) is 49.7 Å². The number of carbonyl (C=O) groups is 1. The Labute approximate surface area is 284 Å². The molecule has 3 aliphatic rings. The van der Waals surface area contributed by atoms with Gasteiger partial charge in [0.2, 0.25) is 10.0 Å². The number of carbonyl (C=O) groups excluding carboxylic acids is 1. The number of ether oxygens (including phenoxy) is 1. The Morgan fingerprint density at radius 2 is 1.89 bits per heavy atom. The van der Waals surface area contributed by atoms with Crippen molar-refractivity contribution >= 4 is 56.3 Å². The predicted molar refractivity (Wildman–Crippen MR) is 185 cm³/mol. The molecule has 248 valence electrons. The second-order valence-corrected chi connectivity index (χ2v) is 15.4. The lowest BCUT2D eigenvalue weighted by Crippen LogP contribution is -2.41. The SMILES string of the molecule is CC(C)Cc1ccc(S(=O)(=O)NCCN2CCC(CN(I)/C=C(\N)c3c(C(=O)N4CCOCC4)[nH]c4c3=CC(F)=C=C=4)CC2)cc1. The molecule has 0 spiro atoms. The number of nitrogens with one attached hydrogen (secondary N) is 2. The molecular weight excluding hydrogens is 722 g/mol. The van der Waals surface area contributed by atoms with E-state index in [0.29, 0.717) is 83.6 Å². The molecule has 10 nitrogen and oxygen atoms in total. The molecular formula is C33H42FIN6O4S. The molecule has 1 amide bonds. The second-order valence-electron chi connectivity index (χ2n) is 12.4. The van der Waals surface area contributed by atoms with Gasteiger partial charge in [0.1, 0.15) is 5.69 Å². The van der Waals surface area contributed by atoms with Crippen LogP contribution in [-0.2, 0) is 21.2 Å². The summed E-state index contributed by atoms with van der Waals surface area (Å²) in [6.45, 7) is 9.62. The van der Waals surface area contributed by atoms with E-state index in [1.165, 1.54) is 6.08 Å². The topological polar surface area (TPSA) is 124 Å². The standard InChI is InChI=1S/C33H42FIN6O4S/c1-23(2)19-24-3-6-27(7-4-24)46(43,44)37-11-14-39-12-9-25(10-13-39)21-41(35)22-29(36)31-28-20-26(34)5-8-30(28)38-32(31)33(42)40-15-17-45-18-16-40/h3-4,6-7,20,22-23,25,37-38H,9-19,21,36H2,1-2H3/b29-22-. The van der Waals surface area contributed by atoms with Crippen molar-refractivity contribution in [1.82, 2.24) is 22.6 Å². The number of nitrogens with zero attached hydrogens (tertiary/aromatic N) is 3. The van der Waals surface area contributed by atoms with Gasteiger partial charge < -0.3 is 28.4 Å². The normalized spacial score (nSPS) is 17.8. The molecule has 1 aromatic carbocycles. The highest BCUT2D eigenvalue weighted by Crippen LogP contribution is 2.22. The number of likely N-dealkylation sites (tertiary alicyclic amines) is 1. The first-order valence-electron chi connectivity index (χ1n) is 15.7. The van der Waals surface area contributed by atoms with Crippen molar-refractivity contribution in [2.75, 3.05) is 59.0 Å². The number of amides is 1. The van der Waals surface area contributed by atoms with Gasteiger partial charge >= 0.3 is 0 Å². The van der Waals surface area contributed by atoms with E-state index < -0.39 is 15.9 Å². The molecule has 13 heteroatoms. The molecule has 1 aromatic heterocycles. The summed E-state index contributed by atoms with van der Waals surface area (Å²) < 4.78 is 49.9. The Hall–Kier alpha value is -2.90. The summed E-state index contributed by atoms with van der Waals surface area (Å²) in [6, 6.07) is 7.14. The van der Waals surface area contributed by atoms with Crippen LogP contribution in [0.2, 0.25) is 0 Å². The van der Waals surface area contributed by atoms with Crippen molar-refractivity contribution in [2.45, 2.75) is 38.0 Å². The Morgan fingerprint density at radius 3 is 2.57 bits per heavy atom. The maximum atomic E-state index is 14.2. The quantitative estimate of drug-likeness (QED) is 0.173. The lowest BCUT2D eigenvalue weighted by Gasteiger charge is -2.33. The predicted octanol–water partition coefficient (Wildman–Crippen LogP) is 2.47. The molecule has 3 heterocycles. The first-order chi connectivity index (χ1) is 22.0. The van der Waals surface area contributed by atoms with Crippen LogP contribution < -0.4 is 21.0 Å². The smallest absolute Gasteiger partial charge is 0.271 e. The number of aromatic nitrogens is 1. The molecule has 1 aliphatic carbocycles. The van der Waals surface area contributed by atoms with Gasteiger partial charge in [-0.2, -0.15) is 4.39 Å². The first-order valence-corrected chi connectivity index (χ1v) is 18.2. The van der Waals surface area contributed by atoms with E-state index in [-0.39, 0.29) is 5.91 Å². The number of benzene rings is 1. The molecule has 2 fully saturated rings. The lowest BCUT2D eigenvalue weighted by molar-refractivity contribution is 0.0299. The van der Waals surface area contributed by atoms with Gasteiger partial charge in [-0.1, -0.05) is 26.0 Å². The average Bonchev–Trinajstić information content (AvgIpc) is 3.40. The lowest BCUT2D eigenvalue weighted by atomic mass is 9.97. The van der Waals surface area contributed by atoms with E-state index >= 15 is 0 Å². The fraction of sp³-hybridized carbons (Fsp3) is 0.485. The minimum atomic E-state index is -3.55. The molecule has 0 bridgehead atoms. The van der Waals surface area contributed by atoms with Gasteiger partial charge in [-0.3, -0.25) is 4.79 Å². The second kappa shape index (κ2) is 15.3. The monoisotopic (exact) mass is 764 g/mol. The van der Waals surface area contributed by atoms with Gasteiger partial charge in [-0.15, -0.1) is 0 Å².